The standard InChI is InChI=1S/C19H24N2O4/c1-4-24-9-5-8-21-12-15-10-14-11-16(23-3)6-7-17(14)20-18(15)25-13(2)19(21)22/h6-7,10-11,13H,4-5,8-9,12H2,1-3H3. The fraction of sp³-hybridized carbons (Fsp3) is 0.474. The van der Waals surface area contributed by atoms with Gasteiger partial charge in [-0.3, -0.25) is 4.79 Å². The molecule has 0 radical (unpaired) electrons. The van der Waals surface area contributed by atoms with Crippen molar-refractivity contribution in [3.63, 3.8) is 0 Å². The van der Waals surface area contributed by atoms with Crippen molar-refractivity contribution in [1.29, 1.82) is 0 Å². The maximum Gasteiger partial charge on any atom is 0.263 e. The maximum absolute atomic E-state index is 12.6. The molecule has 1 atom stereocenters. The van der Waals surface area contributed by atoms with Gasteiger partial charge in [0.25, 0.3) is 5.91 Å². The first-order valence-electron chi connectivity index (χ1n) is 8.63. The molecule has 2 heterocycles. The minimum absolute atomic E-state index is 0.0175. The molecule has 0 fully saturated rings. The lowest BCUT2D eigenvalue weighted by molar-refractivity contribution is -0.137. The van der Waals surface area contributed by atoms with E-state index in [-0.39, 0.29) is 5.91 Å². The predicted octanol–water partition coefficient (Wildman–Crippen LogP) is 2.78. The second kappa shape index (κ2) is 7.70. The number of nitrogens with zero attached hydrogens (tertiary/aromatic N) is 2. The van der Waals surface area contributed by atoms with Gasteiger partial charge in [0.1, 0.15) is 5.75 Å². The summed E-state index contributed by atoms with van der Waals surface area (Å²) < 4.78 is 16.5. The number of carbonyl (C=O) groups excluding carboxylic acids is 1. The van der Waals surface area contributed by atoms with Gasteiger partial charge in [0, 0.05) is 30.7 Å². The summed E-state index contributed by atoms with van der Waals surface area (Å²) in [5.41, 5.74) is 1.74. The molecule has 134 valence electrons. The van der Waals surface area contributed by atoms with E-state index in [9.17, 15) is 4.79 Å². The first-order chi connectivity index (χ1) is 12.1. The molecule has 0 saturated heterocycles. The zero-order valence-corrected chi connectivity index (χ0v) is 14.9. The van der Waals surface area contributed by atoms with E-state index in [4.69, 9.17) is 14.2 Å². The third kappa shape index (κ3) is 3.85. The van der Waals surface area contributed by atoms with E-state index >= 15 is 0 Å². The summed E-state index contributed by atoms with van der Waals surface area (Å²) in [7, 11) is 1.64. The highest BCUT2D eigenvalue weighted by atomic mass is 16.5. The highest BCUT2D eigenvalue weighted by Gasteiger charge is 2.28. The molecule has 1 amide bonds. The Morgan fingerprint density at radius 2 is 2.20 bits per heavy atom. The minimum atomic E-state index is -0.545. The van der Waals surface area contributed by atoms with Crippen LogP contribution in [0, 0.1) is 0 Å². The van der Waals surface area contributed by atoms with Crippen LogP contribution in [0.25, 0.3) is 10.9 Å². The van der Waals surface area contributed by atoms with Crippen molar-refractivity contribution < 1.29 is 19.0 Å². The molecule has 0 aliphatic carbocycles. The summed E-state index contributed by atoms with van der Waals surface area (Å²) in [4.78, 5) is 19.0. The van der Waals surface area contributed by atoms with E-state index in [2.05, 4.69) is 4.98 Å². The highest BCUT2D eigenvalue weighted by molar-refractivity contribution is 5.84. The van der Waals surface area contributed by atoms with E-state index in [0.717, 1.165) is 28.6 Å². The van der Waals surface area contributed by atoms with Crippen molar-refractivity contribution in [3.8, 4) is 11.6 Å². The summed E-state index contributed by atoms with van der Waals surface area (Å²) in [6, 6.07) is 7.74. The van der Waals surface area contributed by atoms with Gasteiger partial charge in [0.2, 0.25) is 5.88 Å². The van der Waals surface area contributed by atoms with E-state index in [0.29, 0.717) is 32.2 Å². The lowest BCUT2D eigenvalue weighted by atomic mass is 10.1. The van der Waals surface area contributed by atoms with Crippen molar-refractivity contribution in [2.24, 2.45) is 0 Å². The van der Waals surface area contributed by atoms with Crippen LogP contribution in [-0.4, -0.2) is 48.8 Å². The fourth-order valence-electron chi connectivity index (χ4n) is 2.97. The molecule has 3 rings (SSSR count). The van der Waals surface area contributed by atoms with Crippen molar-refractivity contribution in [2.75, 3.05) is 26.9 Å². The third-order valence-electron chi connectivity index (χ3n) is 4.29. The highest BCUT2D eigenvalue weighted by Crippen LogP contribution is 2.29. The Morgan fingerprint density at radius 1 is 1.36 bits per heavy atom. The maximum atomic E-state index is 12.6. The van der Waals surface area contributed by atoms with Crippen LogP contribution in [0.1, 0.15) is 25.8 Å². The average Bonchev–Trinajstić information content (AvgIpc) is 2.73. The van der Waals surface area contributed by atoms with Gasteiger partial charge >= 0.3 is 0 Å². The number of ether oxygens (including phenoxy) is 3. The number of hydrogen-bond acceptors (Lipinski definition) is 5. The number of pyridine rings is 1. The van der Waals surface area contributed by atoms with Crippen LogP contribution in [-0.2, 0) is 16.1 Å². The number of hydrogen-bond donors (Lipinski definition) is 0. The van der Waals surface area contributed by atoms with E-state index < -0.39 is 6.10 Å². The molecule has 25 heavy (non-hydrogen) atoms. The van der Waals surface area contributed by atoms with Gasteiger partial charge in [-0.15, -0.1) is 0 Å². The molecule has 1 aromatic heterocycles. The Balaban J connectivity index is 1.88. The second-order valence-corrected chi connectivity index (χ2v) is 6.08. The second-order valence-electron chi connectivity index (χ2n) is 6.08. The molecule has 1 unspecified atom stereocenters. The van der Waals surface area contributed by atoms with Crippen LogP contribution in [0.15, 0.2) is 24.3 Å². The largest absolute Gasteiger partial charge is 0.497 e. The van der Waals surface area contributed by atoms with Gasteiger partial charge in [-0.1, -0.05) is 0 Å². The zero-order valence-electron chi connectivity index (χ0n) is 14.9. The third-order valence-corrected chi connectivity index (χ3v) is 4.29. The average molecular weight is 344 g/mol. The zero-order chi connectivity index (χ0) is 17.8. The fourth-order valence-corrected chi connectivity index (χ4v) is 2.97. The molecule has 2 aromatic rings. The molecule has 0 spiro atoms. The van der Waals surface area contributed by atoms with Crippen molar-refractivity contribution in [1.82, 2.24) is 9.88 Å². The van der Waals surface area contributed by atoms with Crippen LogP contribution in [0.4, 0.5) is 0 Å². The Bertz CT molecular complexity index is 762. The lowest BCUT2D eigenvalue weighted by Gasteiger charge is -2.21. The number of methoxy groups -OCH3 is 1. The monoisotopic (exact) mass is 344 g/mol. The minimum Gasteiger partial charge on any atom is -0.497 e. The number of benzene rings is 1. The van der Waals surface area contributed by atoms with Gasteiger partial charge in [-0.2, -0.15) is 0 Å². The molecular formula is C19H24N2O4. The summed E-state index contributed by atoms with van der Waals surface area (Å²) in [5.74, 6) is 1.30. The van der Waals surface area contributed by atoms with Gasteiger partial charge in [-0.25, -0.2) is 4.98 Å². The number of rotatable bonds is 6. The van der Waals surface area contributed by atoms with Crippen LogP contribution in [0.5, 0.6) is 11.6 Å². The van der Waals surface area contributed by atoms with E-state index in [1.807, 2.05) is 36.1 Å². The smallest absolute Gasteiger partial charge is 0.263 e. The Hall–Kier alpha value is -2.34. The first kappa shape index (κ1) is 17.5. The number of carbonyl (C=O) groups is 1. The van der Waals surface area contributed by atoms with Crippen LogP contribution in [0.2, 0.25) is 0 Å². The van der Waals surface area contributed by atoms with Crippen LogP contribution < -0.4 is 9.47 Å². The topological polar surface area (TPSA) is 60.9 Å². The summed E-state index contributed by atoms with van der Waals surface area (Å²) >= 11 is 0. The van der Waals surface area contributed by atoms with Crippen molar-refractivity contribution in [2.45, 2.75) is 32.9 Å². The van der Waals surface area contributed by atoms with Crippen molar-refractivity contribution >= 4 is 16.8 Å². The predicted molar refractivity (Wildman–Crippen MR) is 94.9 cm³/mol. The van der Waals surface area contributed by atoms with E-state index in [1.165, 1.54) is 0 Å². The molecule has 0 N–H and O–H groups in total. The molecule has 6 nitrogen and oxygen atoms in total. The molecule has 6 heteroatoms. The van der Waals surface area contributed by atoms with Crippen molar-refractivity contribution in [3.05, 3.63) is 29.8 Å². The summed E-state index contributed by atoms with van der Waals surface area (Å²) in [6.45, 7) is 6.21. The molecule has 0 saturated carbocycles. The lowest BCUT2D eigenvalue weighted by Crippen LogP contribution is -2.38. The Morgan fingerprint density at radius 3 is 2.96 bits per heavy atom. The van der Waals surface area contributed by atoms with Gasteiger partial charge in [-0.05, 0) is 44.5 Å². The molecule has 1 aliphatic rings. The first-order valence-corrected chi connectivity index (χ1v) is 8.63. The Kier molecular flexibility index (Phi) is 5.38. The Labute approximate surface area is 147 Å². The van der Waals surface area contributed by atoms with E-state index in [1.54, 1.807) is 14.0 Å². The number of amides is 1. The SMILES string of the molecule is CCOCCCN1Cc2cc3cc(OC)ccc3nc2OC(C)C1=O. The molecule has 1 aliphatic heterocycles. The van der Waals surface area contributed by atoms with Crippen LogP contribution >= 0.6 is 0 Å². The number of fused-ring (bicyclic) bond motifs is 2. The summed E-state index contributed by atoms with van der Waals surface area (Å²) in [5, 5.41) is 0.970. The quantitative estimate of drug-likeness (QED) is 0.754. The molecular weight excluding hydrogens is 320 g/mol. The van der Waals surface area contributed by atoms with Gasteiger partial charge in [0.15, 0.2) is 6.10 Å². The van der Waals surface area contributed by atoms with Gasteiger partial charge in [0.05, 0.1) is 19.2 Å². The summed E-state index contributed by atoms with van der Waals surface area (Å²) in [6.07, 6.45) is 0.257. The number of aromatic nitrogens is 1. The van der Waals surface area contributed by atoms with Crippen LogP contribution in [0.3, 0.4) is 0 Å². The normalized spacial score (nSPS) is 17.2. The van der Waals surface area contributed by atoms with Gasteiger partial charge < -0.3 is 19.1 Å². The molecule has 0 bridgehead atoms. The molecule has 1 aromatic carbocycles.